The molecule has 0 aliphatic rings. The van der Waals surface area contributed by atoms with Gasteiger partial charge in [-0.25, -0.2) is 4.39 Å². The Morgan fingerprint density at radius 1 is 1.47 bits per heavy atom. The van der Waals surface area contributed by atoms with Gasteiger partial charge in [-0.15, -0.1) is 11.3 Å². The van der Waals surface area contributed by atoms with Gasteiger partial charge in [-0.3, -0.25) is 0 Å². The number of benzene rings is 1. The lowest BCUT2D eigenvalue weighted by Gasteiger charge is -2.14. The smallest absolute Gasteiger partial charge is 0.129 e. The van der Waals surface area contributed by atoms with E-state index in [1.807, 2.05) is 13.0 Å². The highest BCUT2D eigenvalue weighted by molar-refractivity contribution is 9.11. The third-order valence-electron chi connectivity index (χ3n) is 2.57. The molecule has 1 nitrogen and oxygen atoms in total. The zero-order chi connectivity index (χ0) is 12.6. The second-order valence-corrected chi connectivity index (χ2v) is 6.72. The molecule has 1 aromatic heterocycles. The predicted molar refractivity (Wildman–Crippen MR) is 74.2 cm³/mol. The van der Waals surface area contributed by atoms with E-state index in [2.05, 4.69) is 15.9 Å². The van der Waals surface area contributed by atoms with Gasteiger partial charge in [0.2, 0.25) is 0 Å². The summed E-state index contributed by atoms with van der Waals surface area (Å²) in [5.41, 5.74) is 7.34. The van der Waals surface area contributed by atoms with Gasteiger partial charge in [-0.2, -0.15) is 0 Å². The first-order valence-electron chi connectivity index (χ1n) is 4.96. The molecule has 2 aromatic rings. The number of aryl methyl sites for hydroxylation is 1. The topological polar surface area (TPSA) is 26.0 Å². The summed E-state index contributed by atoms with van der Waals surface area (Å²) in [5, 5.41) is 0.360. The van der Waals surface area contributed by atoms with Crippen molar-refractivity contribution in [3.8, 4) is 0 Å². The van der Waals surface area contributed by atoms with Gasteiger partial charge in [-0.05, 0) is 46.6 Å². The van der Waals surface area contributed by atoms with E-state index in [0.29, 0.717) is 10.6 Å². The lowest BCUT2D eigenvalue weighted by atomic mass is 10.00. The maximum atomic E-state index is 13.8. The van der Waals surface area contributed by atoms with Crippen molar-refractivity contribution in [3.63, 3.8) is 0 Å². The molecule has 0 spiro atoms. The maximum Gasteiger partial charge on any atom is 0.129 e. The SMILES string of the molecule is Cc1sc(Br)cc1C(N)c1c(F)cccc1Cl. The Morgan fingerprint density at radius 3 is 2.71 bits per heavy atom. The largest absolute Gasteiger partial charge is 0.320 e. The van der Waals surface area contributed by atoms with Crippen molar-refractivity contribution in [2.45, 2.75) is 13.0 Å². The first kappa shape index (κ1) is 13.0. The van der Waals surface area contributed by atoms with Crippen LogP contribution in [0.5, 0.6) is 0 Å². The molecule has 2 N–H and O–H groups in total. The van der Waals surface area contributed by atoms with Crippen LogP contribution in [0.25, 0.3) is 0 Å². The minimum absolute atomic E-state index is 0.350. The lowest BCUT2D eigenvalue weighted by Crippen LogP contribution is -2.14. The molecular formula is C12H10BrClFNS. The summed E-state index contributed by atoms with van der Waals surface area (Å²) in [4.78, 5) is 1.06. The van der Waals surface area contributed by atoms with Crippen molar-refractivity contribution in [2.75, 3.05) is 0 Å². The Morgan fingerprint density at radius 2 is 2.18 bits per heavy atom. The van der Waals surface area contributed by atoms with Gasteiger partial charge in [0.25, 0.3) is 0 Å². The highest BCUT2D eigenvalue weighted by Crippen LogP contribution is 2.35. The van der Waals surface area contributed by atoms with Crippen molar-refractivity contribution in [2.24, 2.45) is 5.73 Å². The molecule has 5 heteroatoms. The Hall–Kier alpha value is -0.420. The minimum Gasteiger partial charge on any atom is -0.320 e. The van der Waals surface area contributed by atoms with Gasteiger partial charge in [0, 0.05) is 15.5 Å². The first-order chi connectivity index (χ1) is 8.00. The summed E-state index contributed by atoms with van der Waals surface area (Å²) in [6.07, 6.45) is 0. The molecule has 0 saturated carbocycles. The van der Waals surface area contributed by atoms with E-state index in [-0.39, 0.29) is 5.82 Å². The summed E-state index contributed by atoms with van der Waals surface area (Å²) < 4.78 is 14.7. The van der Waals surface area contributed by atoms with Crippen LogP contribution in [0.3, 0.4) is 0 Å². The zero-order valence-electron chi connectivity index (χ0n) is 9.01. The highest BCUT2D eigenvalue weighted by Gasteiger charge is 2.20. The molecule has 2 rings (SSSR count). The Balaban J connectivity index is 2.51. The minimum atomic E-state index is -0.536. The molecule has 0 radical (unpaired) electrons. The Kier molecular flexibility index (Phi) is 3.88. The van der Waals surface area contributed by atoms with Crippen molar-refractivity contribution in [3.05, 3.63) is 54.9 Å². The highest BCUT2D eigenvalue weighted by atomic mass is 79.9. The molecule has 1 aromatic carbocycles. The third kappa shape index (κ3) is 2.55. The average molecular weight is 335 g/mol. The van der Waals surface area contributed by atoms with E-state index >= 15 is 0 Å². The first-order valence-corrected chi connectivity index (χ1v) is 6.94. The molecule has 0 fully saturated rings. The summed E-state index contributed by atoms with van der Waals surface area (Å²) in [5.74, 6) is -0.369. The van der Waals surface area contributed by atoms with Gasteiger partial charge in [0.1, 0.15) is 5.82 Å². The Labute approximate surface area is 117 Å². The average Bonchev–Trinajstić information content (AvgIpc) is 2.57. The molecule has 0 aliphatic heterocycles. The van der Waals surface area contributed by atoms with Crippen molar-refractivity contribution in [1.29, 1.82) is 0 Å². The summed E-state index contributed by atoms with van der Waals surface area (Å²) in [7, 11) is 0. The van der Waals surface area contributed by atoms with Crippen LogP contribution in [0.2, 0.25) is 5.02 Å². The van der Waals surface area contributed by atoms with Gasteiger partial charge < -0.3 is 5.73 Å². The fraction of sp³-hybridized carbons (Fsp3) is 0.167. The van der Waals surface area contributed by atoms with Gasteiger partial charge >= 0.3 is 0 Å². The molecule has 0 amide bonds. The van der Waals surface area contributed by atoms with Crippen molar-refractivity contribution >= 4 is 38.9 Å². The second kappa shape index (κ2) is 5.06. The molecule has 1 heterocycles. The van der Waals surface area contributed by atoms with Gasteiger partial charge in [0.15, 0.2) is 0 Å². The monoisotopic (exact) mass is 333 g/mol. The lowest BCUT2D eigenvalue weighted by molar-refractivity contribution is 0.600. The van der Waals surface area contributed by atoms with Crippen LogP contribution >= 0.6 is 38.9 Å². The number of halogens is 3. The van der Waals surface area contributed by atoms with E-state index < -0.39 is 6.04 Å². The number of nitrogens with two attached hydrogens (primary N) is 1. The standard InChI is InChI=1S/C12H10BrClFNS/c1-6-7(5-10(13)17-6)12(16)11-8(14)3-2-4-9(11)15/h2-5,12H,16H2,1H3. The maximum absolute atomic E-state index is 13.8. The fourth-order valence-corrected chi connectivity index (χ4v) is 3.77. The second-order valence-electron chi connectivity index (χ2n) is 3.68. The van der Waals surface area contributed by atoms with Crippen molar-refractivity contribution < 1.29 is 4.39 Å². The van der Waals surface area contributed by atoms with E-state index in [1.165, 1.54) is 6.07 Å². The van der Waals surface area contributed by atoms with Crippen LogP contribution in [-0.2, 0) is 0 Å². The van der Waals surface area contributed by atoms with Crippen LogP contribution in [0.1, 0.15) is 22.0 Å². The van der Waals surface area contributed by atoms with Gasteiger partial charge in [0.05, 0.1) is 9.83 Å². The van der Waals surface area contributed by atoms with Crippen LogP contribution in [0.15, 0.2) is 28.1 Å². The summed E-state index contributed by atoms with van der Waals surface area (Å²) >= 11 is 11.0. The molecule has 17 heavy (non-hydrogen) atoms. The van der Waals surface area contributed by atoms with Crippen LogP contribution in [0.4, 0.5) is 4.39 Å². The molecular weight excluding hydrogens is 325 g/mol. The summed E-state index contributed by atoms with van der Waals surface area (Å²) in [6, 6.07) is 5.97. The molecule has 1 atom stereocenters. The quantitative estimate of drug-likeness (QED) is 0.849. The third-order valence-corrected chi connectivity index (χ3v) is 4.47. The van der Waals surface area contributed by atoms with Crippen LogP contribution in [0, 0.1) is 12.7 Å². The normalized spacial score (nSPS) is 12.8. The number of rotatable bonds is 2. The van der Waals surface area contributed by atoms with E-state index in [4.69, 9.17) is 17.3 Å². The molecule has 0 aliphatic carbocycles. The van der Waals surface area contributed by atoms with E-state index in [9.17, 15) is 4.39 Å². The summed E-state index contributed by atoms with van der Waals surface area (Å²) in [6.45, 7) is 1.96. The van der Waals surface area contributed by atoms with Crippen LogP contribution < -0.4 is 5.73 Å². The van der Waals surface area contributed by atoms with Gasteiger partial charge in [-0.1, -0.05) is 17.7 Å². The zero-order valence-corrected chi connectivity index (χ0v) is 12.2. The van der Waals surface area contributed by atoms with Crippen molar-refractivity contribution in [1.82, 2.24) is 0 Å². The molecule has 0 saturated heterocycles. The van der Waals surface area contributed by atoms with E-state index in [1.54, 1.807) is 23.5 Å². The Bertz CT molecular complexity index is 535. The number of thiophene rings is 1. The van der Waals surface area contributed by atoms with E-state index in [0.717, 1.165) is 14.2 Å². The number of hydrogen-bond donors (Lipinski definition) is 1. The molecule has 90 valence electrons. The molecule has 1 unspecified atom stereocenters. The predicted octanol–water partition coefficient (Wildman–Crippen LogP) is 4.66. The molecule has 0 bridgehead atoms. The number of hydrogen-bond acceptors (Lipinski definition) is 2. The fourth-order valence-electron chi connectivity index (χ4n) is 1.73. The van der Waals surface area contributed by atoms with Crippen LogP contribution in [-0.4, -0.2) is 0 Å².